The van der Waals surface area contributed by atoms with E-state index in [0.717, 1.165) is 13.1 Å². The van der Waals surface area contributed by atoms with E-state index in [1.54, 1.807) is 0 Å². The summed E-state index contributed by atoms with van der Waals surface area (Å²) in [5.74, 6) is 0. The van der Waals surface area contributed by atoms with Gasteiger partial charge in [-0.1, -0.05) is 18.9 Å². The lowest BCUT2D eigenvalue weighted by Gasteiger charge is -2.29. The van der Waals surface area contributed by atoms with Gasteiger partial charge in [0.1, 0.15) is 0 Å². The van der Waals surface area contributed by atoms with Gasteiger partial charge in [-0.3, -0.25) is 9.88 Å². The van der Waals surface area contributed by atoms with Gasteiger partial charge in [-0.15, -0.1) is 0 Å². The lowest BCUT2D eigenvalue weighted by Crippen LogP contribution is -2.29. The van der Waals surface area contributed by atoms with Gasteiger partial charge in [0.2, 0.25) is 0 Å². The van der Waals surface area contributed by atoms with E-state index in [1.807, 2.05) is 18.5 Å². The second-order valence-electron chi connectivity index (χ2n) is 4.60. The van der Waals surface area contributed by atoms with Crippen LogP contribution < -0.4 is 0 Å². The van der Waals surface area contributed by atoms with Crippen molar-refractivity contribution >= 4 is 0 Å². The van der Waals surface area contributed by atoms with Crippen LogP contribution in [0.25, 0.3) is 0 Å². The summed E-state index contributed by atoms with van der Waals surface area (Å²) in [4.78, 5) is 6.67. The third-order valence-corrected chi connectivity index (χ3v) is 3.44. The van der Waals surface area contributed by atoms with Crippen LogP contribution in [-0.4, -0.2) is 23.0 Å². The summed E-state index contributed by atoms with van der Waals surface area (Å²) in [6.07, 6.45) is 9.44. The van der Waals surface area contributed by atoms with Crippen molar-refractivity contribution in [3.8, 4) is 6.07 Å². The molecule has 1 aliphatic rings. The molecule has 0 spiro atoms. The highest BCUT2D eigenvalue weighted by Crippen LogP contribution is 2.29. The fourth-order valence-electron chi connectivity index (χ4n) is 2.58. The Hall–Kier alpha value is -1.40. The molecule has 0 bridgehead atoms. The van der Waals surface area contributed by atoms with E-state index in [-0.39, 0.29) is 0 Å². The summed E-state index contributed by atoms with van der Waals surface area (Å²) in [7, 11) is 0. The maximum Gasteiger partial charge on any atom is 0.0635 e. The van der Waals surface area contributed by atoms with Gasteiger partial charge >= 0.3 is 0 Å². The van der Waals surface area contributed by atoms with Crippen LogP contribution in [0.2, 0.25) is 0 Å². The maximum absolute atomic E-state index is 8.74. The van der Waals surface area contributed by atoms with Gasteiger partial charge in [-0.25, -0.2) is 0 Å². The summed E-state index contributed by atoms with van der Waals surface area (Å²) in [6.45, 7) is 2.00. The first-order chi connectivity index (χ1) is 8.42. The fraction of sp³-hybridized carbons (Fsp3) is 0.571. The molecule has 0 unspecified atom stereocenters. The van der Waals surface area contributed by atoms with Crippen molar-refractivity contribution in [2.24, 2.45) is 0 Å². The minimum absolute atomic E-state index is 0.458. The third kappa shape index (κ3) is 3.28. The maximum atomic E-state index is 8.74. The van der Waals surface area contributed by atoms with E-state index in [0.29, 0.717) is 12.5 Å². The summed E-state index contributed by atoms with van der Waals surface area (Å²) in [5.41, 5.74) is 1.30. The molecular weight excluding hydrogens is 210 g/mol. The summed E-state index contributed by atoms with van der Waals surface area (Å²) in [5, 5.41) is 8.74. The van der Waals surface area contributed by atoms with Crippen LogP contribution >= 0.6 is 0 Å². The van der Waals surface area contributed by atoms with E-state index in [9.17, 15) is 0 Å². The van der Waals surface area contributed by atoms with Gasteiger partial charge in [-0.2, -0.15) is 5.26 Å². The molecule has 1 saturated heterocycles. The summed E-state index contributed by atoms with van der Waals surface area (Å²) < 4.78 is 0. The van der Waals surface area contributed by atoms with Crippen LogP contribution in [0.5, 0.6) is 0 Å². The van der Waals surface area contributed by atoms with Gasteiger partial charge in [0.15, 0.2) is 0 Å². The molecule has 3 heteroatoms. The molecule has 1 aromatic rings. The Kier molecular flexibility index (Phi) is 4.52. The standard InChI is InChI=1S/C14H19N3/c15-8-5-11-17-10-3-1-2-7-14(17)13-6-4-9-16-12-13/h4,6,9,12,14H,1-3,5,7,10-11H2/t14-/m1/s1. The second-order valence-corrected chi connectivity index (χ2v) is 4.60. The number of aromatic nitrogens is 1. The Morgan fingerprint density at radius 1 is 1.41 bits per heavy atom. The first-order valence-corrected chi connectivity index (χ1v) is 6.43. The number of rotatable bonds is 3. The van der Waals surface area contributed by atoms with Crippen LogP contribution in [0, 0.1) is 11.3 Å². The Morgan fingerprint density at radius 3 is 3.12 bits per heavy atom. The molecule has 1 atom stereocenters. The molecule has 2 heterocycles. The van der Waals surface area contributed by atoms with Crippen molar-refractivity contribution in [1.29, 1.82) is 5.26 Å². The Labute approximate surface area is 103 Å². The van der Waals surface area contributed by atoms with Crippen molar-refractivity contribution in [3.05, 3.63) is 30.1 Å². The van der Waals surface area contributed by atoms with Crippen molar-refractivity contribution < 1.29 is 0 Å². The molecule has 2 rings (SSSR count). The molecule has 90 valence electrons. The van der Waals surface area contributed by atoms with Gasteiger partial charge in [0.05, 0.1) is 6.07 Å². The van der Waals surface area contributed by atoms with Gasteiger partial charge < -0.3 is 0 Å². The summed E-state index contributed by atoms with van der Waals surface area (Å²) >= 11 is 0. The highest BCUT2D eigenvalue weighted by molar-refractivity contribution is 5.14. The molecule has 1 fully saturated rings. The van der Waals surface area contributed by atoms with Crippen molar-refractivity contribution in [2.75, 3.05) is 13.1 Å². The topological polar surface area (TPSA) is 39.9 Å². The molecule has 1 aromatic heterocycles. The molecular formula is C14H19N3. The zero-order chi connectivity index (χ0) is 11.9. The predicted octanol–water partition coefficient (Wildman–Crippen LogP) is 2.91. The normalized spacial score (nSPS) is 21.7. The average Bonchev–Trinajstić information content (AvgIpc) is 2.62. The molecule has 1 aliphatic heterocycles. The second kappa shape index (κ2) is 6.36. The van der Waals surface area contributed by atoms with Gasteiger partial charge in [0.25, 0.3) is 0 Å². The molecule has 0 N–H and O–H groups in total. The zero-order valence-corrected chi connectivity index (χ0v) is 10.2. The zero-order valence-electron chi connectivity index (χ0n) is 10.2. The number of pyridine rings is 1. The Balaban J connectivity index is 2.12. The number of nitrogens with zero attached hydrogens (tertiary/aromatic N) is 3. The predicted molar refractivity (Wildman–Crippen MR) is 67.2 cm³/mol. The van der Waals surface area contributed by atoms with E-state index in [1.165, 1.54) is 31.2 Å². The first kappa shape index (κ1) is 12.1. The fourth-order valence-corrected chi connectivity index (χ4v) is 2.58. The Bertz CT molecular complexity index is 369. The summed E-state index contributed by atoms with van der Waals surface area (Å²) in [6, 6.07) is 6.87. The number of hydrogen-bond donors (Lipinski definition) is 0. The van der Waals surface area contributed by atoms with Crippen LogP contribution in [0.15, 0.2) is 24.5 Å². The smallest absolute Gasteiger partial charge is 0.0635 e. The molecule has 0 saturated carbocycles. The van der Waals surface area contributed by atoms with Crippen molar-refractivity contribution in [1.82, 2.24) is 9.88 Å². The molecule has 0 aliphatic carbocycles. The number of hydrogen-bond acceptors (Lipinski definition) is 3. The van der Waals surface area contributed by atoms with E-state index in [4.69, 9.17) is 5.26 Å². The average molecular weight is 229 g/mol. The van der Waals surface area contributed by atoms with Crippen molar-refractivity contribution in [3.63, 3.8) is 0 Å². The van der Waals surface area contributed by atoms with Crippen LogP contribution in [0.3, 0.4) is 0 Å². The SMILES string of the molecule is N#CCCN1CCCCC[C@@H]1c1cccnc1. The van der Waals surface area contributed by atoms with Crippen LogP contribution in [-0.2, 0) is 0 Å². The molecule has 0 amide bonds. The third-order valence-electron chi connectivity index (χ3n) is 3.44. The number of likely N-dealkylation sites (tertiary alicyclic amines) is 1. The molecule has 17 heavy (non-hydrogen) atoms. The minimum Gasteiger partial charge on any atom is -0.295 e. The van der Waals surface area contributed by atoms with Gasteiger partial charge in [-0.05, 0) is 31.0 Å². The van der Waals surface area contributed by atoms with E-state index < -0.39 is 0 Å². The quantitative estimate of drug-likeness (QED) is 0.800. The Morgan fingerprint density at radius 2 is 2.35 bits per heavy atom. The monoisotopic (exact) mass is 229 g/mol. The molecule has 0 aromatic carbocycles. The van der Waals surface area contributed by atoms with E-state index in [2.05, 4.69) is 22.0 Å². The highest BCUT2D eigenvalue weighted by atomic mass is 15.2. The largest absolute Gasteiger partial charge is 0.295 e. The minimum atomic E-state index is 0.458. The molecule has 3 nitrogen and oxygen atoms in total. The highest BCUT2D eigenvalue weighted by Gasteiger charge is 2.21. The van der Waals surface area contributed by atoms with E-state index >= 15 is 0 Å². The lowest BCUT2D eigenvalue weighted by atomic mass is 10.0. The van der Waals surface area contributed by atoms with Crippen LogP contribution in [0.1, 0.15) is 43.7 Å². The number of nitriles is 1. The van der Waals surface area contributed by atoms with Crippen molar-refractivity contribution in [2.45, 2.75) is 38.1 Å². The lowest BCUT2D eigenvalue weighted by molar-refractivity contribution is 0.205. The van der Waals surface area contributed by atoms with Crippen LogP contribution in [0.4, 0.5) is 0 Å². The first-order valence-electron chi connectivity index (χ1n) is 6.43. The molecule has 0 radical (unpaired) electrons. The van der Waals surface area contributed by atoms with Gasteiger partial charge in [0, 0.05) is 31.4 Å².